The maximum atomic E-state index is 13.4. The number of carbonyl (C=O) groups excluding carboxylic acids is 3. The molecule has 17 rings (SSSR count). The van der Waals surface area contributed by atoms with Gasteiger partial charge in [0.2, 0.25) is 0 Å². The van der Waals surface area contributed by atoms with Gasteiger partial charge in [-0.3, -0.25) is 14.4 Å². The lowest BCUT2D eigenvalue weighted by atomic mass is 10.0. The van der Waals surface area contributed by atoms with Crippen LogP contribution >= 0.6 is 0 Å². The molecule has 15 nitrogen and oxygen atoms in total. The molecule has 15 heteroatoms. The molecule has 0 aliphatic rings. The molecule has 17 aromatic rings. The van der Waals surface area contributed by atoms with Gasteiger partial charge in [-0.2, -0.15) is 0 Å². The van der Waals surface area contributed by atoms with Crippen LogP contribution in [-0.4, -0.2) is 77.2 Å². The minimum Gasteiger partial charge on any atom is -0.289 e. The fourth-order valence-corrected chi connectivity index (χ4v) is 11.3. The summed E-state index contributed by atoms with van der Waals surface area (Å²) < 4.78 is 0. The Balaban J connectivity index is 0.000000158. The predicted octanol–water partition coefficient (Wildman–Crippen LogP) is 14.6. The third kappa shape index (κ3) is 8.71. The van der Waals surface area contributed by atoms with Crippen molar-refractivity contribution in [2.75, 3.05) is 0 Å². The molecule has 0 saturated heterocycles. The first-order chi connectivity index (χ1) is 42.5. The highest BCUT2D eigenvalue weighted by molar-refractivity contribution is 6.23. The van der Waals surface area contributed by atoms with Gasteiger partial charge < -0.3 is 0 Å². The van der Waals surface area contributed by atoms with Gasteiger partial charge in [0.25, 0.3) is 0 Å². The molecule has 0 fully saturated rings. The molecule has 0 unspecified atom stereocenters. The molecule has 0 aliphatic carbocycles. The summed E-state index contributed by atoms with van der Waals surface area (Å²) in [5.74, 6) is -0.396. The standard InChI is InChI=1S/C45H24N6O3.C27H18N6/c52-43(25-10-4-1-5-11-25)28-16-19-31-34(22-28)49-40-37(46-31)41-39(48-33-21-18-30(24-36(33)50-41)45(54)27-14-8-3-9-15-27)42-38(40)47-32-20-17-29(23-35(32)51-42)44(53)26-12-6-2-7-13-26;1-13-4-7-16-19(10-13)31-25-22(28-16)26-24(30-18-9-6-15(3)12-21(18)32-26)27-23(25)29-17-8-5-14(2)11-20(17)33-27/h1-24H;4-12H,1-3H3. The molecule has 87 heavy (non-hydrogen) atoms. The number of hydrogen-bond acceptors (Lipinski definition) is 15. The lowest BCUT2D eigenvalue weighted by molar-refractivity contribution is 0.103. The lowest BCUT2D eigenvalue weighted by Gasteiger charge is -2.11. The average Bonchev–Trinajstić information content (AvgIpc) is 2.86. The number of ketones is 3. The maximum Gasteiger partial charge on any atom is 0.193 e. The molecular formula is C72H42N12O3. The van der Waals surface area contributed by atoms with E-state index in [0.29, 0.717) is 133 Å². The molecule has 408 valence electrons. The Bertz CT molecular complexity index is 5240. The van der Waals surface area contributed by atoms with Gasteiger partial charge in [0.15, 0.2) is 17.3 Å². The van der Waals surface area contributed by atoms with Crippen LogP contribution in [0.4, 0.5) is 0 Å². The Kier molecular flexibility index (Phi) is 11.6. The van der Waals surface area contributed by atoms with E-state index in [1.807, 2.05) is 109 Å². The summed E-state index contributed by atoms with van der Waals surface area (Å²) in [5.41, 5.74) is 21.5. The second-order valence-corrected chi connectivity index (χ2v) is 21.7. The Hall–Kier alpha value is -12.0. The van der Waals surface area contributed by atoms with Crippen molar-refractivity contribution >= 4 is 150 Å². The van der Waals surface area contributed by atoms with E-state index in [4.69, 9.17) is 59.8 Å². The van der Waals surface area contributed by atoms with E-state index < -0.39 is 0 Å². The van der Waals surface area contributed by atoms with Crippen LogP contribution in [0.3, 0.4) is 0 Å². The normalized spacial score (nSPS) is 11.8. The van der Waals surface area contributed by atoms with E-state index in [1.165, 1.54) is 0 Å². The van der Waals surface area contributed by atoms with Crippen LogP contribution in [0.2, 0.25) is 0 Å². The molecule has 6 heterocycles. The van der Waals surface area contributed by atoms with Crippen molar-refractivity contribution in [3.05, 3.63) is 250 Å². The van der Waals surface area contributed by atoms with Crippen LogP contribution in [0.15, 0.2) is 200 Å². The van der Waals surface area contributed by atoms with Crippen molar-refractivity contribution in [1.29, 1.82) is 0 Å². The molecule has 11 aromatic carbocycles. The molecule has 0 atom stereocenters. The molecule has 0 saturated carbocycles. The molecule has 0 bridgehead atoms. The third-order valence-corrected chi connectivity index (χ3v) is 15.7. The number of aromatic nitrogens is 12. The smallest absolute Gasteiger partial charge is 0.193 e. The second-order valence-electron chi connectivity index (χ2n) is 21.7. The third-order valence-electron chi connectivity index (χ3n) is 15.7. The van der Waals surface area contributed by atoms with Crippen molar-refractivity contribution in [2.45, 2.75) is 20.8 Å². The van der Waals surface area contributed by atoms with Crippen molar-refractivity contribution < 1.29 is 14.4 Å². The SMILES string of the molecule is Cc1ccc2nc3c4nc5cc(C)ccc5nc4c4nc5cc(C)ccc5nc4c3nc2c1.O=C(c1ccccc1)c1ccc2nc3c4nc5cc(C(=O)c6ccccc6)ccc5nc4c4nc5cc(C(=O)c6ccccc6)ccc5nc4c3nc2c1. The number of nitrogens with zero attached hydrogens (tertiary/aromatic N) is 12. The van der Waals surface area contributed by atoms with Gasteiger partial charge in [0.05, 0.1) is 66.2 Å². The van der Waals surface area contributed by atoms with Crippen LogP contribution in [0.5, 0.6) is 0 Å². The van der Waals surface area contributed by atoms with E-state index >= 15 is 0 Å². The van der Waals surface area contributed by atoms with E-state index in [2.05, 4.69) is 20.8 Å². The minimum absolute atomic E-state index is 0.132. The van der Waals surface area contributed by atoms with Gasteiger partial charge in [-0.1, -0.05) is 109 Å². The van der Waals surface area contributed by atoms with Crippen LogP contribution < -0.4 is 0 Å². The maximum absolute atomic E-state index is 13.4. The van der Waals surface area contributed by atoms with Crippen molar-refractivity contribution in [2.24, 2.45) is 0 Å². The monoisotopic (exact) mass is 1120 g/mol. The van der Waals surface area contributed by atoms with Gasteiger partial charge in [0, 0.05) is 33.4 Å². The van der Waals surface area contributed by atoms with E-state index in [-0.39, 0.29) is 17.3 Å². The van der Waals surface area contributed by atoms with Crippen molar-refractivity contribution in [3.63, 3.8) is 0 Å². The summed E-state index contributed by atoms with van der Waals surface area (Å²) in [5, 5.41) is 0. The largest absolute Gasteiger partial charge is 0.289 e. The molecule has 0 spiro atoms. The summed E-state index contributed by atoms with van der Waals surface area (Å²) in [6.45, 7) is 6.16. The Morgan fingerprint density at radius 2 is 0.379 bits per heavy atom. The summed E-state index contributed by atoms with van der Waals surface area (Å²) in [6, 6.07) is 61.3. The van der Waals surface area contributed by atoms with Gasteiger partial charge in [-0.25, -0.2) is 59.8 Å². The highest BCUT2D eigenvalue weighted by Gasteiger charge is 2.23. The first kappa shape index (κ1) is 50.7. The number of benzene rings is 11. The van der Waals surface area contributed by atoms with Gasteiger partial charge >= 0.3 is 0 Å². The lowest BCUT2D eigenvalue weighted by Crippen LogP contribution is -2.04. The van der Waals surface area contributed by atoms with Crippen LogP contribution in [0.1, 0.15) is 64.5 Å². The highest BCUT2D eigenvalue weighted by atomic mass is 16.1. The Labute approximate surface area is 492 Å². The zero-order valence-electron chi connectivity index (χ0n) is 46.6. The summed E-state index contributed by atoms with van der Waals surface area (Å²) >= 11 is 0. The van der Waals surface area contributed by atoms with E-state index in [0.717, 1.165) is 49.8 Å². The van der Waals surface area contributed by atoms with Crippen molar-refractivity contribution in [1.82, 2.24) is 59.8 Å². The Morgan fingerprint density at radius 3 is 0.598 bits per heavy atom. The number of aryl methyl sites for hydroxylation is 3. The summed E-state index contributed by atoms with van der Waals surface area (Å²) in [6.07, 6.45) is 0. The molecule has 0 N–H and O–H groups in total. The average molecular weight is 1120 g/mol. The van der Waals surface area contributed by atoms with Gasteiger partial charge in [-0.05, 0) is 128 Å². The Morgan fingerprint density at radius 1 is 0.195 bits per heavy atom. The van der Waals surface area contributed by atoms with E-state index in [1.54, 1.807) is 91.0 Å². The van der Waals surface area contributed by atoms with Crippen LogP contribution in [0.25, 0.3) is 132 Å². The van der Waals surface area contributed by atoms with Gasteiger partial charge in [-0.15, -0.1) is 0 Å². The topological polar surface area (TPSA) is 206 Å². The summed E-state index contributed by atoms with van der Waals surface area (Å²) in [7, 11) is 0. The quantitative estimate of drug-likeness (QED) is 0.0862. The number of fused-ring (bicyclic) bond motifs is 18. The minimum atomic E-state index is -0.132. The first-order valence-corrected chi connectivity index (χ1v) is 28.1. The molecule has 0 aliphatic heterocycles. The fourth-order valence-electron chi connectivity index (χ4n) is 11.3. The first-order valence-electron chi connectivity index (χ1n) is 28.1. The predicted molar refractivity (Wildman–Crippen MR) is 340 cm³/mol. The zero-order valence-corrected chi connectivity index (χ0v) is 46.6. The molecular weight excluding hydrogens is 1080 g/mol. The van der Waals surface area contributed by atoms with Crippen LogP contribution in [-0.2, 0) is 0 Å². The summed E-state index contributed by atoms with van der Waals surface area (Å²) in [4.78, 5) is 100. The number of carbonyl (C=O) groups is 3. The van der Waals surface area contributed by atoms with E-state index in [9.17, 15) is 14.4 Å². The van der Waals surface area contributed by atoms with Crippen LogP contribution in [0, 0.1) is 20.8 Å². The highest BCUT2D eigenvalue weighted by Crippen LogP contribution is 2.36. The van der Waals surface area contributed by atoms with Gasteiger partial charge in [0.1, 0.15) is 66.2 Å². The number of rotatable bonds is 6. The second kappa shape index (κ2) is 19.9. The zero-order chi connectivity index (χ0) is 58.6. The fraction of sp³-hybridized carbons (Fsp3) is 0.0417. The number of hydrogen-bond donors (Lipinski definition) is 0. The van der Waals surface area contributed by atoms with Crippen molar-refractivity contribution in [3.8, 4) is 0 Å². The molecule has 0 amide bonds. The molecule has 6 aromatic heterocycles. The molecule has 0 radical (unpaired) electrons.